The Morgan fingerprint density at radius 2 is 2.06 bits per heavy atom. The molecule has 1 fully saturated rings. The molecule has 0 aromatic heterocycles. The highest BCUT2D eigenvalue weighted by molar-refractivity contribution is 14.1. The normalized spacial score (nSPS) is 23.7. The van der Waals surface area contributed by atoms with Gasteiger partial charge in [-0.05, 0) is 47.7 Å². The van der Waals surface area contributed by atoms with E-state index in [-0.39, 0.29) is 6.04 Å². The molecule has 2 rings (SSSR count). The Labute approximate surface area is 115 Å². The number of rotatable bonds is 1. The van der Waals surface area contributed by atoms with E-state index in [2.05, 4.69) is 5.32 Å². The van der Waals surface area contributed by atoms with Crippen LogP contribution in [0.2, 0.25) is 0 Å². The molecular weight excluding hydrogens is 362 g/mol. The molecule has 18 heavy (non-hydrogen) atoms. The fourth-order valence-electron chi connectivity index (χ4n) is 1.78. The fraction of sp³-hybridized carbons (Fsp3) is 0.364. The molecule has 3 nitrogen and oxygen atoms in total. The summed E-state index contributed by atoms with van der Waals surface area (Å²) in [5.41, 5.74) is -0.371. The number of cyclic esters (lactones) is 1. The second-order valence-electron chi connectivity index (χ2n) is 3.99. The molecule has 1 aliphatic heterocycles. The number of carbonyl (C=O) groups excluding carboxylic acids is 1. The van der Waals surface area contributed by atoms with Gasteiger partial charge in [0, 0.05) is 9.13 Å². The molecule has 1 aromatic carbocycles. The van der Waals surface area contributed by atoms with E-state index in [0.29, 0.717) is 9.13 Å². The minimum Gasteiger partial charge on any atom is -0.439 e. The highest BCUT2D eigenvalue weighted by Gasteiger charge is 2.36. The van der Waals surface area contributed by atoms with E-state index in [0.717, 1.165) is 12.1 Å². The third-order valence-corrected chi connectivity index (χ3v) is 3.65. The van der Waals surface area contributed by atoms with Gasteiger partial charge in [0.15, 0.2) is 0 Å². The third kappa shape index (κ3) is 2.55. The lowest BCUT2D eigenvalue weighted by Crippen LogP contribution is -2.24. The van der Waals surface area contributed by atoms with E-state index in [1.54, 1.807) is 6.92 Å². The predicted molar refractivity (Wildman–Crippen MR) is 66.0 cm³/mol. The molecule has 0 saturated carbocycles. The number of carbonyl (C=O) groups is 1. The number of ether oxygens (including phenoxy) is 1. The summed E-state index contributed by atoms with van der Waals surface area (Å²) in [7, 11) is 0. The maximum absolute atomic E-state index is 12.6. The molecule has 0 aliphatic carbocycles. The molecule has 1 amide bonds. The first-order valence-electron chi connectivity index (χ1n) is 5.13. The first-order chi connectivity index (χ1) is 8.29. The number of hydrogen-bond donors (Lipinski definition) is 1. The van der Waals surface area contributed by atoms with E-state index >= 15 is 0 Å². The van der Waals surface area contributed by atoms with Crippen LogP contribution in [0.5, 0.6) is 0 Å². The molecule has 0 spiro atoms. The molecule has 0 radical (unpaired) electrons. The van der Waals surface area contributed by atoms with Crippen molar-refractivity contribution in [3.05, 3.63) is 32.9 Å². The van der Waals surface area contributed by atoms with Crippen molar-refractivity contribution in [3.63, 3.8) is 0 Å². The summed E-state index contributed by atoms with van der Waals surface area (Å²) in [5.74, 6) is 0. The van der Waals surface area contributed by atoms with Gasteiger partial charge in [-0.2, -0.15) is 13.2 Å². The summed E-state index contributed by atoms with van der Waals surface area (Å²) in [6, 6.07) is 3.07. The average molecular weight is 371 g/mol. The van der Waals surface area contributed by atoms with Gasteiger partial charge in [0.05, 0.1) is 11.6 Å². The lowest BCUT2D eigenvalue weighted by molar-refractivity contribution is -0.137. The second kappa shape index (κ2) is 4.60. The smallest absolute Gasteiger partial charge is 0.416 e. The minimum atomic E-state index is -4.40. The SMILES string of the molecule is C[C@H]1NC(=O)OC1c1cc(C(F)(F)F)ccc1I. The van der Waals surface area contributed by atoms with Crippen LogP contribution in [0.25, 0.3) is 0 Å². The van der Waals surface area contributed by atoms with E-state index in [9.17, 15) is 18.0 Å². The number of halogens is 4. The molecule has 1 N–H and O–H groups in total. The van der Waals surface area contributed by atoms with Crippen LogP contribution in [0.1, 0.15) is 24.2 Å². The predicted octanol–water partition coefficient (Wildman–Crippen LogP) is 3.48. The number of alkyl halides is 3. The Bertz CT molecular complexity index is 490. The zero-order chi connectivity index (χ0) is 13.5. The summed E-state index contributed by atoms with van der Waals surface area (Å²) in [6.45, 7) is 1.69. The number of benzene rings is 1. The Morgan fingerprint density at radius 3 is 2.56 bits per heavy atom. The molecule has 1 unspecified atom stereocenters. The van der Waals surface area contributed by atoms with Crippen LogP contribution in [-0.2, 0) is 10.9 Å². The number of nitrogens with one attached hydrogen (secondary N) is 1. The van der Waals surface area contributed by atoms with E-state index in [4.69, 9.17) is 4.74 Å². The largest absolute Gasteiger partial charge is 0.439 e. The van der Waals surface area contributed by atoms with E-state index in [1.165, 1.54) is 6.07 Å². The molecule has 0 bridgehead atoms. The van der Waals surface area contributed by atoms with Crippen LogP contribution < -0.4 is 5.32 Å². The molecule has 1 aromatic rings. The molecule has 2 atom stereocenters. The van der Waals surface area contributed by atoms with Crippen LogP contribution in [0, 0.1) is 3.57 Å². The number of alkyl carbamates (subject to hydrolysis) is 1. The number of amides is 1. The molecule has 1 saturated heterocycles. The van der Waals surface area contributed by atoms with Gasteiger partial charge in [0.1, 0.15) is 6.10 Å². The highest BCUT2D eigenvalue weighted by atomic mass is 127. The van der Waals surface area contributed by atoms with Crippen molar-refractivity contribution < 1.29 is 22.7 Å². The zero-order valence-corrected chi connectivity index (χ0v) is 11.4. The van der Waals surface area contributed by atoms with Gasteiger partial charge in [-0.3, -0.25) is 0 Å². The monoisotopic (exact) mass is 371 g/mol. The molecule has 1 heterocycles. The quantitative estimate of drug-likeness (QED) is 0.768. The second-order valence-corrected chi connectivity index (χ2v) is 5.16. The van der Waals surface area contributed by atoms with Crippen LogP contribution in [0.4, 0.5) is 18.0 Å². The summed E-state index contributed by atoms with van der Waals surface area (Å²) >= 11 is 1.93. The maximum Gasteiger partial charge on any atom is 0.416 e. The number of hydrogen-bond acceptors (Lipinski definition) is 2. The van der Waals surface area contributed by atoms with Crippen molar-refractivity contribution in [3.8, 4) is 0 Å². The average Bonchev–Trinajstić information content (AvgIpc) is 2.56. The van der Waals surface area contributed by atoms with Crippen molar-refractivity contribution in [1.82, 2.24) is 5.32 Å². The Kier molecular flexibility index (Phi) is 3.43. The van der Waals surface area contributed by atoms with Crippen molar-refractivity contribution >= 4 is 28.7 Å². The zero-order valence-electron chi connectivity index (χ0n) is 9.22. The molecule has 7 heteroatoms. The fourth-order valence-corrected chi connectivity index (χ4v) is 2.43. The van der Waals surface area contributed by atoms with Crippen LogP contribution in [-0.4, -0.2) is 12.1 Å². The summed E-state index contributed by atoms with van der Waals surface area (Å²) in [5, 5.41) is 2.50. The minimum absolute atomic E-state index is 0.352. The summed E-state index contributed by atoms with van der Waals surface area (Å²) in [6.07, 6.45) is -5.70. The van der Waals surface area contributed by atoms with Crippen molar-refractivity contribution in [2.45, 2.75) is 25.2 Å². The highest BCUT2D eigenvalue weighted by Crippen LogP contribution is 2.35. The Morgan fingerprint density at radius 1 is 1.39 bits per heavy atom. The summed E-state index contributed by atoms with van der Waals surface area (Å²) < 4.78 is 43.5. The van der Waals surface area contributed by atoms with Gasteiger partial charge in [0.25, 0.3) is 0 Å². The van der Waals surface area contributed by atoms with Crippen LogP contribution in [0.15, 0.2) is 18.2 Å². The van der Waals surface area contributed by atoms with E-state index < -0.39 is 23.9 Å². The molecular formula is C11H9F3INO2. The van der Waals surface area contributed by atoms with Gasteiger partial charge in [0.2, 0.25) is 0 Å². The first kappa shape index (κ1) is 13.4. The Hall–Kier alpha value is -0.990. The van der Waals surface area contributed by atoms with Gasteiger partial charge in [-0.15, -0.1) is 0 Å². The van der Waals surface area contributed by atoms with Gasteiger partial charge < -0.3 is 10.1 Å². The van der Waals surface area contributed by atoms with E-state index in [1.807, 2.05) is 22.6 Å². The first-order valence-corrected chi connectivity index (χ1v) is 6.20. The molecule has 98 valence electrons. The van der Waals surface area contributed by atoms with Crippen molar-refractivity contribution in [2.75, 3.05) is 0 Å². The topological polar surface area (TPSA) is 38.3 Å². The lowest BCUT2D eigenvalue weighted by atomic mass is 10.0. The van der Waals surface area contributed by atoms with Gasteiger partial charge >= 0.3 is 12.3 Å². The third-order valence-electron chi connectivity index (χ3n) is 2.66. The van der Waals surface area contributed by atoms with Gasteiger partial charge in [-0.1, -0.05) is 0 Å². The van der Waals surface area contributed by atoms with Crippen molar-refractivity contribution in [2.24, 2.45) is 0 Å². The maximum atomic E-state index is 12.6. The Balaban J connectivity index is 2.41. The summed E-state index contributed by atoms with van der Waals surface area (Å²) in [4.78, 5) is 11.1. The van der Waals surface area contributed by atoms with Gasteiger partial charge in [-0.25, -0.2) is 4.79 Å². The van der Waals surface area contributed by atoms with Crippen LogP contribution >= 0.6 is 22.6 Å². The standard InChI is InChI=1S/C11H9F3INO2/c1-5-9(18-10(17)16-5)7-4-6(11(12,13)14)2-3-8(7)15/h2-5,9H,1H3,(H,16,17)/t5-,9?/m1/s1. The van der Waals surface area contributed by atoms with Crippen LogP contribution in [0.3, 0.4) is 0 Å². The lowest BCUT2D eigenvalue weighted by Gasteiger charge is -2.17. The molecule has 1 aliphatic rings. The van der Waals surface area contributed by atoms with Crippen molar-refractivity contribution in [1.29, 1.82) is 0 Å².